The molecule has 3 atom stereocenters. The molecule has 2 fully saturated rings. The van der Waals surface area contributed by atoms with Crippen LogP contribution in [0.25, 0.3) is 0 Å². The SMILES string of the molecule is O=C(NC1CCc2nc[nH]c2C1)[C@H]1C[C@@H]1C1CC1. The van der Waals surface area contributed by atoms with Crippen LogP contribution in [-0.4, -0.2) is 21.9 Å². The van der Waals surface area contributed by atoms with Crippen LogP contribution in [-0.2, 0) is 17.6 Å². The number of imidazole rings is 1. The molecule has 1 aromatic heterocycles. The summed E-state index contributed by atoms with van der Waals surface area (Å²) in [6.45, 7) is 0. The Morgan fingerprint density at radius 1 is 1.39 bits per heavy atom. The number of amides is 1. The fraction of sp³-hybridized carbons (Fsp3) is 0.714. The molecule has 1 unspecified atom stereocenters. The number of nitrogens with one attached hydrogen (secondary N) is 2. The van der Waals surface area contributed by atoms with Crippen molar-refractivity contribution in [2.75, 3.05) is 0 Å². The Bertz CT molecular complexity index is 477. The second-order valence-corrected chi connectivity index (χ2v) is 6.12. The minimum atomic E-state index is 0.305. The molecule has 0 aliphatic heterocycles. The zero-order valence-corrected chi connectivity index (χ0v) is 10.5. The number of hydrogen-bond donors (Lipinski definition) is 2. The van der Waals surface area contributed by atoms with Crippen LogP contribution in [0.15, 0.2) is 6.33 Å². The molecular formula is C14H19N3O. The number of aromatic amines is 1. The van der Waals surface area contributed by atoms with Crippen LogP contribution in [0.5, 0.6) is 0 Å². The van der Waals surface area contributed by atoms with Gasteiger partial charge in [-0.05, 0) is 43.9 Å². The van der Waals surface area contributed by atoms with Crippen molar-refractivity contribution in [1.29, 1.82) is 0 Å². The second kappa shape index (κ2) is 3.84. The van der Waals surface area contributed by atoms with Crippen LogP contribution in [0, 0.1) is 17.8 Å². The summed E-state index contributed by atoms with van der Waals surface area (Å²) in [7, 11) is 0. The lowest BCUT2D eigenvalue weighted by atomic mass is 9.96. The fourth-order valence-corrected chi connectivity index (χ4v) is 3.39. The normalized spacial score (nSPS) is 33.9. The lowest BCUT2D eigenvalue weighted by molar-refractivity contribution is -0.123. The summed E-state index contributed by atoms with van der Waals surface area (Å²) in [6.07, 6.45) is 8.55. The zero-order valence-electron chi connectivity index (χ0n) is 10.5. The first-order valence-corrected chi connectivity index (χ1v) is 7.13. The minimum Gasteiger partial charge on any atom is -0.353 e. The van der Waals surface area contributed by atoms with Gasteiger partial charge in [0.1, 0.15) is 0 Å². The highest BCUT2D eigenvalue weighted by atomic mass is 16.2. The van der Waals surface area contributed by atoms with E-state index in [2.05, 4.69) is 15.3 Å². The molecule has 1 aromatic rings. The van der Waals surface area contributed by atoms with Crippen molar-refractivity contribution in [3.05, 3.63) is 17.7 Å². The quantitative estimate of drug-likeness (QED) is 0.846. The third-order valence-corrected chi connectivity index (χ3v) is 4.74. The molecule has 3 aliphatic rings. The van der Waals surface area contributed by atoms with E-state index in [0.717, 1.165) is 37.5 Å². The maximum Gasteiger partial charge on any atom is 0.223 e. The summed E-state index contributed by atoms with van der Waals surface area (Å²) in [4.78, 5) is 19.6. The van der Waals surface area contributed by atoms with Crippen molar-refractivity contribution in [2.45, 2.75) is 44.6 Å². The van der Waals surface area contributed by atoms with Gasteiger partial charge in [0.15, 0.2) is 0 Å². The van der Waals surface area contributed by atoms with Crippen molar-refractivity contribution in [1.82, 2.24) is 15.3 Å². The first kappa shape index (κ1) is 10.6. The zero-order chi connectivity index (χ0) is 12.1. The van der Waals surface area contributed by atoms with Crippen LogP contribution < -0.4 is 5.32 Å². The summed E-state index contributed by atoms with van der Waals surface area (Å²) in [6, 6.07) is 0.311. The molecule has 3 aliphatic carbocycles. The van der Waals surface area contributed by atoms with Gasteiger partial charge in [0.05, 0.1) is 12.0 Å². The lowest BCUT2D eigenvalue weighted by Crippen LogP contribution is -2.40. The molecule has 0 radical (unpaired) electrons. The Balaban J connectivity index is 1.34. The summed E-state index contributed by atoms with van der Waals surface area (Å²) >= 11 is 0. The predicted octanol–water partition coefficient (Wildman–Crippen LogP) is 1.43. The molecule has 1 heterocycles. The Labute approximate surface area is 107 Å². The number of H-pyrrole nitrogens is 1. The van der Waals surface area contributed by atoms with Crippen LogP contribution >= 0.6 is 0 Å². The van der Waals surface area contributed by atoms with Crippen molar-refractivity contribution < 1.29 is 4.79 Å². The van der Waals surface area contributed by atoms with Crippen LogP contribution in [0.2, 0.25) is 0 Å². The van der Waals surface area contributed by atoms with Crippen molar-refractivity contribution in [3.63, 3.8) is 0 Å². The molecular weight excluding hydrogens is 226 g/mol. The maximum absolute atomic E-state index is 12.1. The minimum absolute atomic E-state index is 0.305. The van der Waals surface area contributed by atoms with E-state index in [1.165, 1.54) is 24.2 Å². The standard InChI is InChI=1S/C14H19N3O/c18-14(11-6-10(11)8-1-2-8)17-9-3-4-12-13(5-9)16-7-15-12/h7-11H,1-6H2,(H,15,16)(H,17,18)/t9?,10-,11+/m1/s1. The molecule has 0 aromatic carbocycles. The van der Waals surface area contributed by atoms with Gasteiger partial charge in [0, 0.05) is 24.1 Å². The predicted molar refractivity (Wildman–Crippen MR) is 66.9 cm³/mol. The Hall–Kier alpha value is -1.32. The average molecular weight is 245 g/mol. The van der Waals surface area contributed by atoms with Gasteiger partial charge in [0.25, 0.3) is 0 Å². The summed E-state index contributed by atoms with van der Waals surface area (Å²) in [5.41, 5.74) is 2.39. The highest BCUT2D eigenvalue weighted by Crippen LogP contribution is 2.54. The van der Waals surface area contributed by atoms with Gasteiger partial charge in [-0.15, -0.1) is 0 Å². The number of aromatic nitrogens is 2. The molecule has 4 rings (SSSR count). The number of hydrogen-bond acceptors (Lipinski definition) is 2. The number of fused-ring (bicyclic) bond motifs is 1. The fourth-order valence-electron chi connectivity index (χ4n) is 3.39. The molecule has 4 heteroatoms. The maximum atomic E-state index is 12.1. The van der Waals surface area contributed by atoms with E-state index in [0.29, 0.717) is 17.9 Å². The Kier molecular flexibility index (Phi) is 2.26. The number of nitrogens with zero attached hydrogens (tertiary/aromatic N) is 1. The molecule has 18 heavy (non-hydrogen) atoms. The molecule has 4 nitrogen and oxygen atoms in total. The highest BCUT2D eigenvalue weighted by molar-refractivity contribution is 5.82. The largest absolute Gasteiger partial charge is 0.353 e. The van der Waals surface area contributed by atoms with Crippen molar-refractivity contribution >= 4 is 5.91 Å². The van der Waals surface area contributed by atoms with Crippen LogP contribution in [0.1, 0.15) is 37.1 Å². The summed E-state index contributed by atoms with van der Waals surface area (Å²) in [5.74, 6) is 2.24. The molecule has 1 amide bonds. The van der Waals surface area contributed by atoms with Gasteiger partial charge < -0.3 is 10.3 Å². The molecule has 96 valence electrons. The van der Waals surface area contributed by atoms with Gasteiger partial charge in [-0.3, -0.25) is 4.79 Å². The molecule has 2 saturated carbocycles. The van der Waals surface area contributed by atoms with Gasteiger partial charge in [0.2, 0.25) is 5.91 Å². The van der Waals surface area contributed by atoms with Crippen molar-refractivity contribution in [2.24, 2.45) is 17.8 Å². The number of rotatable bonds is 3. The van der Waals surface area contributed by atoms with Gasteiger partial charge in [-0.1, -0.05) is 0 Å². The van der Waals surface area contributed by atoms with E-state index >= 15 is 0 Å². The third kappa shape index (κ3) is 1.84. The van der Waals surface area contributed by atoms with E-state index < -0.39 is 0 Å². The van der Waals surface area contributed by atoms with E-state index in [1.54, 1.807) is 6.33 Å². The first-order chi connectivity index (χ1) is 8.81. The first-order valence-electron chi connectivity index (χ1n) is 7.13. The lowest BCUT2D eigenvalue weighted by Gasteiger charge is -2.22. The number of carbonyl (C=O) groups is 1. The van der Waals surface area contributed by atoms with E-state index in [4.69, 9.17) is 0 Å². The van der Waals surface area contributed by atoms with Gasteiger partial charge >= 0.3 is 0 Å². The molecule has 0 bridgehead atoms. The van der Waals surface area contributed by atoms with Crippen LogP contribution in [0.4, 0.5) is 0 Å². The second-order valence-electron chi connectivity index (χ2n) is 6.12. The summed E-state index contributed by atoms with van der Waals surface area (Å²) in [5, 5.41) is 3.24. The van der Waals surface area contributed by atoms with Crippen LogP contribution in [0.3, 0.4) is 0 Å². The molecule has 0 spiro atoms. The van der Waals surface area contributed by atoms with Gasteiger partial charge in [-0.25, -0.2) is 4.98 Å². The topological polar surface area (TPSA) is 57.8 Å². The summed E-state index contributed by atoms with van der Waals surface area (Å²) < 4.78 is 0. The monoisotopic (exact) mass is 245 g/mol. The Morgan fingerprint density at radius 2 is 2.28 bits per heavy atom. The van der Waals surface area contributed by atoms with Gasteiger partial charge in [-0.2, -0.15) is 0 Å². The molecule has 2 N–H and O–H groups in total. The van der Waals surface area contributed by atoms with E-state index in [-0.39, 0.29) is 0 Å². The number of carbonyl (C=O) groups excluding carboxylic acids is 1. The van der Waals surface area contributed by atoms with E-state index in [1.807, 2.05) is 0 Å². The Morgan fingerprint density at radius 3 is 3.11 bits per heavy atom. The highest BCUT2D eigenvalue weighted by Gasteiger charge is 2.51. The molecule has 0 saturated heterocycles. The smallest absolute Gasteiger partial charge is 0.223 e. The third-order valence-electron chi connectivity index (χ3n) is 4.74. The van der Waals surface area contributed by atoms with E-state index in [9.17, 15) is 4.79 Å². The number of aryl methyl sites for hydroxylation is 1. The average Bonchev–Trinajstić information content (AvgIpc) is 3.23. The van der Waals surface area contributed by atoms with Crippen molar-refractivity contribution in [3.8, 4) is 0 Å².